The largest absolute Gasteiger partial charge is 0.456 e. The summed E-state index contributed by atoms with van der Waals surface area (Å²) in [4.78, 5) is 10.3. The second-order valence-corrected chi connectivity index (χ2v) is 13.7. The standard InChI is InChI=1S/C50H30N2O/c1-2-10-34(11-3-1)50-51-45(30-46(52-50)36-25-26-41-39-16-5-4-14-37(39)38-15-6-7-17-40(38)44(41)28-36)32-22-20-31(21-23-32)35-24-27-42-43-18-8-12-33-13-9-19-47(49(33)43)53-48(42)29-35/h1-30H. The van der Waals surface area contributed by atoms with Gasteiger partial charge in [-0.1, -0.05) is 152 Å². The van der Waals surface area contributed by atoms with Crippen molar-refractivity contribution in [2.45, 2.75) is 0 Å². The molecule has 0 spiro atoms. The van der Waals surface area contributed by atoms with Crippen molar-refractivity contribution >= 4 is 43.1 Å². The Kier molecular flexibility index (Phi) is 6.55. The highest BCUT2D eigenvalue weighted by molar-refractivity contribution is 6.25. The fourth-order valence-electron chi connectivity index (χ4n) is 8.10. The molecule has 10 aromatic rings. The molecule has 0 aliphatic carbocycles. The smallest absolute Gasteiger partial charge is 0.160 e. The SMILES string of the molecule is c1ccc(-c2nc(-c3ccc(-c4ccc5c(c4)Oc4cccc6cccc-5c46)cc3)cc(-c3ccc4c5ccccc5c5ccccc5c4c3)n2)cc1. The van der Waals surface area contributed by atoms with Gasteiger partial charge in [0.15, 0.2) is 5.82 Å². The summed E-state index contributed by atoms with van der Waals surface area (Å²) < 4.78 is 6.47. The van der Waals surface area contributed by atoms with Crippen molar-refractivity contribution in [1.82, 2.24) is 9.97 Å². The zero-order valence-corrected chi connectivity index (χ0v) is 28.6. The summed E-state index contributed by atoms with van der Waals surface area (Å²) in [5.74, 6) is 2.48. The van der Waals surface area contributed by atoms with E-state index in [4.69, 9.17) is 14.7 Å². The quantitative estimate of drug-likeness (QED) is 0.174. The van der Waals surface area contributed by atoms with Crippen LogP contribution in [0.3, 0.4) is 0 Å². The molecule has 53 heavy (non-hydrogen) atoms. The van der Waals surface area contributed by atoms with Crippen LogP contribution in [0.15, 0.2) is 182 Å². The fraction of sp³-hybridized carbons (Fsp3) is 0. The van der Waals surface area contributed by atoms with E-state index in [1.165, 1.54) is 48.7 Å². The molecule has 9 aromatic carbocycles. The maximum atomic E-state index is 6.47. The van der Waals surface area contributed by atoms with Gasteiger partial charge in [-0.3, -0.25) is 0 Å². The molecule has 0 amide bonds. The molecule has 0 saturated heterocycles. The Morgan fingerprint density at radius 3 is 1.64 bits per heavy atom. The van der Waals surface area contributed by atoms with Gasteiger partial charge in [0.2, 0.25) is 0 Å². The van der Waals surface area contributed by atoms with Crippen molar-refractivity contribution in [3.63, 3.8) is 0 Å². The summed E-state index contributed by atoms with van der Waals surface area (Å²) in [5, 5.41) is 9.85. The van der Waals surface area contributed by atoms with Gasteiger partial charge in [0.05, 0.1) is 11.4 Å². The van der Waals surface area contributed by atoms with Gasteiger partial charge in [-0.25, -0.2) is 9.97 Å². The monoisotopic (exact) mass is 674 g/mol. The first-order valence-corrected chi connectivity index (χ1v) is 18.0. The Labute approximate surface area is 306 Å². The molecule has 3 heteroatoms. The number of rotatable bonds is 4. The van der Waals surface area contributed by atoms with Crippen molar-refractivity contribution in [1.29, 1.82) is 0 Å². The number of fused-ring (bicyclic) bond motifs is 8. The van der Waals surface area contributed by atoms with E-state index >= 15 is 0 Å². The van der Waals surface area contributed by atoms with Gasteiger partial charge in [-0.05, 0) is 84.7 Å². The van der Waals surface area contributed by atoms with Gasteiger partial charge in [0.1, 0.15) is 11.5 Å². The number of ether oxygens (including phenoxy) is 1. The van der Waals surface area contributed by atoms with Crippen LogP contribution in [0.2, 0.25) is 0 Å². The molecule has 3 nitrogen and oxygen atoms in total. The maximum absolute atomic E-state index is 6.47. The Morgan fingerprint density at radius 2 is 0.906 bits per heavy atom. The van der Waals surface area contributed by atoms with Crippen LogP contribution < -0.4 is 4.74 Å². The zero-order chi connectivity index (χ0) is 34.9. The summed E-state index contributed by atoms with van der Waals surface area (Å²) in [6.45, 7) is 0. The molecular formula is C50H30N2O. The molecule has 0 saturated carbocycles. The molecule has 1 aliphatic heterocycles. The lowest BCUT2D eigenvalue weighted by molar-refractivity contribution is 0.487. The van der Waals surface area contributed by atoms with E-state index < -0.39 is 0 Å². The Balaban J connectivity index is 1.01. The van der Waals surface area contributed by atoms with Gasteiger partial charge in [0.25, 0.3) is 0 Å². The molecule has 0 unspecified atom stereocenters. The molecule has 1 aromatic heterocycles. The van der Waals surface area contributed by atoms with Crippen LogP contribution in [0.4, 0.5) is 0 Å². The molecule has 11 rings (SSSR count). The summed E-state index contributed by atoms with van der Waals surface area (Å²) >= 11 is 0. The van der Waals surface area contributed by atoms with Crippen molar-refractivity contribution < 1.29 is 4.74 Å². The molecule has 0 radical (unpaired) electrons. The number of nitrogens with zero attached hydrogens (tertiary/aromatic N) is 2. The maximum Gasteiger partial charge on any atom is 0.160 e. The van der Waals surface area contributed by atoms with Crippen LogP contribution in [0.5, 0.6) is 11.5 Å². The van der Waals surface area contributed by atoms with Crippen LogP contribution in [0.1, 0.15) is 0 Å². The highest BCUT2D eigenvalue weighted by atomic mass is 16.5. The summed E-state index contributed by atoms with van der Waals surface area (Å²) in [6.07, 6.45) is 0. The van der Waals surface area contributed by atoms with Crippen LogP contribution in [0.25, 0.3) is 99.2 Å². The number of aromatic nitrogens is 2. The molecule has 0 fully saturated rings. The van der Waals surface area contributed by atoms with Crippen molar-refractivity contribution in [2.75, 3.05) is 0 Å². The van der Waals surface area contributed by atoms with E-state index in [0.717, 1.165) is 56.3 Å². The van der Waals surface area contributed by atoms with Crippen LogP contribution >= 0.6 is 0 Å². The second kappa shape index (κ2) is 11.7. The lowest BCUT2D eigenvalue weighted by Gasteiger charge is -2.22. The minimum absolute atomic E-state index is 0.702. The molecular weight excluding hydrogens is 645 g/mol. The van der Waals surface area contributed by atoms with E-state index in [1.54, 1.807) is 0 Å². The lowest BCUT2D eigenvalue weighted by atomic mass is 9.92. The van der Waals surface area contributed by atoms with Crippen LogP contribution in [-0.4, -0.2) is 9.97 Å². The molecule has 0 atom stereocenters. The van der Waals surface area contributed by atoms with Crippen LogP contribution in [-0.2, 0) is 0 Å². The normalized spacial score (nSPS) is 11.9. The molecule has 246 valence electrons. The topological polar surface area (TPSA) is 35.0 Å². The summed E-state index contributed by atoms with van der Waals surface area (Å²) in [7, 11) is 0. The van der Waals surface area contributed by atoms with Crippen molar-refractivity contribution in [3.8, 4) is 67.7 Å². The summed E-state index contributed by atoms with van der Waals surface area (Å²) in [5.41, 5.74) is 9.38. The van der Waals surface area contributed by atoms with E-state index in [-0.39, 0.29) is 0 Å². The van der Waals surface area contributed by atoms with Gasteiger partial charge in [0, 0.05) is 27.6 Å². The fourth-order valence-corrected chi connectivity index (χ4v) is 8.10. The van der Waals surface area contributed by atoms with E-state index in [0.29, 0.717) is 5.82 Å². The minimum Gasteiger partial charge on any atom is -0.456 e. The summed E-state index contributed by atoms with van der Waals surface area (Å²) in [6, 6.07) is 64.4. The van der Waals surface area contributed by atoms with Crippen molar-refractivity contribution in [2.24, 2.45) is 0 Å². The van der Waals surface area contributed by atoms with E-state index in [9.17, 15) is 0 Å². The zero-order valence-electron chi connectivity index (χ0n) is 28.6. The van der Waals surface area contributed by atoms with Crippen LogP contribution in [0, 0.1) is 0 Å². The van der Waals surface area contributed by atoms with Gasteiger partial charge >= 0.3 is 0 Å². The first-order chi connectivity index (χ1) is 26.2. The second-order valence-electron chi connectivity index (χ2n) is 13.7. The third-order valence-electron chi connectivity index (χ3n) is 10.7. The Hall–Kier alpha value is -7.10. The lowest BCUT2D eigenvalue weighted by Crippen LogP contribution is -1.97. The average molecular weight is 675 g/mol. The Bertz CT molecular complexity index is 3040. The molecule has 1 aliphatic rings. The molecule has 0 N–H and O–H groups in total. The van der Waals surface area contributed by atoms with Crippen molar-refractivity contribution in [3.05, 3.63) is 182 Å². The predicted molar refractivity (Wildman–Crippen MR) is 219 cm³/mol. The Morgan fingerprint density at radius 1 is 0.321 bits per heavy atom. The highest BCUT2D eigenvalue weighted by Gasteiger charge is 2.20. The number of benzene rings is 9. The van der Waals surface area contributed by atoms with Gasteiger partial charge in [-0.2, -0.15) is 0 Å². The molecule has 0 bridgehead atoms. The van der Waals surface area contributed by atoms with Gasteiger partial charge < -0.3 is 4.74 Å². The minimum atomic E-state index is 0.702. The highest BCUT2D eigenvalue weighted by Crippen LogP contribution is 2.47. The third-order valence-corrected chi connectivity index (χ3v) is 10.7. The molecule has 2 heterocycles. The van der Waals surface area contributed by atoms with Gasteiger partial charge in [-0.15, -0.1) is 0 Å². The first-order valence-electron chi connectivity index (χ1n) is 18.0. The third kappa shape index (κ3) is 4.82. The number of hydrogen-bond acceptors (Lipinski definition) is 3. The predicted octanol–water partition coefficient (Wildman–Crippen LogP) is 13.5. The number of hydrogen-bond donors (Lipinski definition) is 0. The average Bonchev–Trinajstić information content (AvgIpc) is 3.24. The van der Waals surface area contributed by atoms with E-state index in [1.807, 2.05) is 18.2 Å². The first kappa shape index (κ1) is 29.6. The van der Waals surface area contributed by atoms with E-state index in [2.05, 4.69) is 164 Å².